The number of ketones is 1. The van der Waals surface area contributed by atoms with Crippen LogP contribution in [0.2, 0.25) is 0 Å². The molecule has 6 nitrogen and oxygen atoms in total. The zero-order chi connectivity index (χ0) is 17.1. The quantitative estimate of drug-likeness (QED) is 0.815. The van der Waals surface area contributed by atoms with E-state index in [4.69, 9.17) is 4.52 Å². The molecule has 1 aliphatic carbocycles. The number of likely N-dealkylation sites (N-methyl/N-ethyl adjacent to an activating group) is 1. The molecule has 1 aromatic carbocycles. The molecule has 126 valence electrons. The molecule has 0 spiro atoms. The van der Waals surface area contributed by atoms with Crippen molar-refractivity contribution in [2.45, 2.75) is 45.6 Å². The number of nitrogens with zero attached hydrogens (tertiary/aromatic N) is 3. The van der Waals surface area contributed by atoms with Crippen LogP contribution in [-0.4, -0.2) is 33.3 Å². The minimum atomic E-state index is -0.407. The molecule has 0 N–H and O–H groups in total. The van der Waals surface area contributed by atoms with Crippen LogP contribution in [0.1, 0.15) is 60.2 Å². The Bertz CT molecular complexity index is 753. The zero-order valence-electron chi connectivity index (χ0n) is 14.0. The Hall–Kier alpha value is -2.50. The second-order valence-electron chi connectivity index (χ2n) is 5.97. The summed E-state index contributed by atoms with van der Waals surface area (Å²) in [5.41, 5.74) is 1.49. The molecule has 1 unspecified atom stereocenters. The van der Waals surface area contributed by atoms with Gasteiger partial charge in [-0.1, -0.05) is 36.3 Å². The minimum Gasteiger partial charge on any atom is -0.339 e. The van der Waals surface area contributed by atoms with Crippen molar-refractivity contribution in [1.82, 2.24) is 15.0 Å². The molecule has 0 saturated carbocycles. The fourth-order valence-corrected chi connectivity index (χ4v) is 3.09. The van der Waals surface area contributed by atoms with E-state index >= 15 is 0 Å². The van der Waals surface area contributed by atoms with Crippen LogP contribution in [0.3, 0.4) is 0 Å². The smallest absolute Gasteiger partial charge is 0.231 e. The SMILES string of the molecule is CCCc1nc(CN(CC)C(=O)C2CC(=O)c3ccccc32)no1. The molecular weight excluding hydrogens is 306 g/mol. The van der Waals surface area contributed by atoms with Crippen LogP contribution in [-0.2, 0) is 17.8 Å². The maximum absolute atomic E-state index is 12.9. The Morgan fingerprint density at radius 2 is 2.12 bits per heavy atom. The molecule has 24 heavy (non-hydrogen) atoms. The summed E-state index contributed by atoms with van der Waals surface area (Å²) in [7, 11) is 0. The van der Waals surface area contributed by atoms with E-state index in [0.29, 0.717) is 30.4 Å². The highest BCUT2D eigenvalue weighted by Gasteiger charge is 2.36. The molecule has 0 bridgehead atoms. The highest BCUT2D eigenvalue weighted by Crippen LogP contribution is 2.34. The van der Waals surface area contributed by atoms with E-state index in [9.17, 15) is 9.59 Å². The van der Waals surface area contributed by atoms with Gasteiger partial charge in [0.25, 0.3) is 0 Å². The van der Waals surface area contributed by atoms with Gasteiger partial charge in [0.1, 0.15) is 0 Å². The molecule has 0 saturated heterocycles. The Morgan fingerprint density at radius 3 is 2.88 bits per heavy atom. The summed E-state index contributed by atoms with van der Waals surface area (Å²) in [5.74, 6) is 0.668. The second-order valence-corrected chi connectivity index (χ2v) is 5.97. The number of hydrogen-bond acceptors (Lipinski definition) is 5. The number of rotatable bonds is 6. The Balaban J connectivity index is 1.76. The number of aromatic nitrogens is 2. The van der Waals surface area contributed by atoms with E-state index < -0.39 is 5.92 Å². The van der Waals surface area contributed by atoms with Gasteiger partial charge in [-0.2, -0.15) is 4.98 Å². The fourth-order valence-electron chi connectivity index (χ4n) is 3.09. The van der Waals surface area contributed by atoms with Gasteiger partial charge in [-0.05, 0) is 18.9 Å². The molecule has 1 amide bonds. The van der Waals surface area contributed by atoms with E-state index in [1.54, 1.807) is 11.0 Å². The van der Waals surface area contributed by atoms with Crippen LogP contribution >= 0.6 is 0 Å². The summed E-state index contributed by atoms with van der Waals surface area (Å²) in [6.45, 7) is 4.78. The van der Waals surface area contributed by atoms with Gasteiger partial charge in [0.05, 0.1) is 12.5 Å². The highest BCUT2D eigenvalue weighted by atomic mass is 16.5. The largest absolute Gasteiger partial charge is 0.339 e. The molecule has 3 rings (SSSR count). The lowest BCUT2D eigenvalue weighted by atomic mass is 10.00. The van der Waals surface area contributed by atoms with Gasteiger partial charge >= 0.3 is 0 Å². The second kappa shape index (κ2) is 6.95. The van der Waals surface area contributed by atoms with Crippen molar-refractivity contribution in [3.8, 4) is 0 Å². The summed E-state index contributed by atoms with van der Waals surface area (Å²) in [6.07, 6.45) is 1.90. The molecule has 6 heteroatoms. The average Bonchev–Trinajstić information content (AvgIpc) is 3.17. The van der Waals surface area contributed by atoms with E-state index in [0.717, 1.165) is 18.4 Å². The van der Waals surface area contributed by atoms with Gasteiger partial charge in [-0.15, -0.1) is 0 Å². The monoisotopic (exact) mass is 327 g/mol. The number of hydrogen-bond donors (Lipinski definition) is 0. The van der Waals surface area contributed by atoms with Crippen LogP contribution in [0.25, 0.3) is 0 Å². The molecule has 1 heterocycles. The first-order valence-corrected chi connectivity index (χ1v) is 8.36. The van der Waals surface area contributed by atoms with Gasteiger partial charge in [-0.3, -0.25) is 9.59 Å². The van der Waals surface area contributed by atoms with Crippen LogP contribution in [0.15, 0.2) is 28.8 Å². The molecule has 0 aliphatic heterocycles. The standard InChI is InChI=1S/C18H21N3O3/c1-3-7-17-19-16(20-24-17)11-21(4-2)18(23)14-10-15(22)13-9-6-5-8-12(13)14/h5-6,8-9,14H,3-4,7,10-11H2,1-2H3. The molecule has 0 fully saturated rings. The maximum atomic E-state index is 12.9. The first-order valence-electron chi connectivity index (χ1n) is 8.36. The third-order valence-electron chi connectivity index (χ3n) is 4.32. The maximum Gasteiger partial charge on any atom is 0.231 e. The van der Waals surface area contributed by atoms with Crippen LogP contribution in [0, 0.1) is 0 Å². The average molecular weight is 327 g/mol. The van der Waals surface area contributed by atoms with E-state index in [1.807, 2.05) is 32.0 Å². The van der Waals surface area contributed by atoms with Crippen LogP contribution < -0.4 is 0 Å². The summed E-state index contributed by atoms with van der Waals surface area (Å²) in [5, 5.41) is 3.94. The van der Waals surface area contributed by atoms with Gasteiger partial charge < -0.3 is 9.42 Å². The summed E-state index contributed by atoms with van der Waals surface area (Å²) in [4.78, 5) is 31.0. The molecule has 1 aliphatic rings. The fraction of sp³-hybridized carbons (Fsp3) is 0.444. The van der Waals surface area contributed by atoms with E-state index in [2.05, 4.69) is 10.1 Å². The normalized spacial score (nSPS) is 16.2. The van der Waals surface area contributed by atoms with Crippen molar-refractivity contribution in [2.75, 3.05) is 6.54 Å². The van der Waals surface area contributed by atoms with Crippen molar-refractivity contribution in [1.29, 1.82) is 0 Å². The first kappa shape index (κ1) is 16.4. The number of benzene rings is 1. The Morgan fingerprint density at radius 1 is 1.33 bits per heavy atom. The molecule has 0 radical (unpaired) electrons. The van der Waals surface area contributed by atoms with Crippen molar-refractivity contribution in [2.24, 2.45) is 0 Å². The highest BCUT2D eigenvalue weighted by molar-refractivity contribution is 6.06. The molecular formula is C18H21N3O3. The lowest BCUT2D eigenvalue weighted by Crippen LogP contribution is -2.34. The van der Waals surface area contributed by atoms with Gasteiger partial charge in [0.2, 0.25) is 11.8 Å². The van der Waals surface area contributed by atoms with E-state index in [-0.39, 0.29) is 18.1 Å². The van der Waals surface area contributed by atoms with E-state index in [1.165, 1.54) is 0 Å². The molecule has 1 atom stereocenters. The van der Waals surface area contributed by atoms with Crippen LogP contribution in [0.5, 0.6) is 0 Å². The number of carbonyl (C=O) groups is 2. The first-order chi connectivity index (χ1) is 11.6. The summed E-state index contributed by atoms with van der Waals surface area (Å²) in [6, 6.07) is 7.35. The Kier molecular flexibility index (Phi) is 4.74. The van der Waals surface area contributed by atoms with Gasteiger partial charge in [-0.25, -0.2) is 0 Å². The molecule has 1 aromatic heterocycles. The number of fused-ring (bicyclic) bond motifs is 1. The van der Waals surface area contributed by atoms with Crippen LogP contribution in [0.4, 0.5) is 0 Å². The molecule has 2 aromatic rings. The topological polar surface area (TPSA) is 76.3 Å². The van der Waals surface area contributed by atoms with Crippen molar-refractivity contribution < 1.29 is 14.1 Å². The van der Waals surface area contributed by atoms with Gasteiger partial charge in [0, 0.05) is 24.9 Å². The zero-order valence-corrected chi connectivity index (χ0v) is 14.0. The predicted molar refractivity (Wildman–Crippen MR) is 87.5 cm³/mol. The third kappa shape index (κ3) is 3.09. The predicted octanol–water partition coefficient (Wildman–Crippen LogP) is 2.74. The summed E-state index contributed by atoms with van der Waals surface area (Å²) >= 11 is 0. The Labute approximate surface area is 140 Å². The van der Waals surface area contributed by atoms with Gasteiger partial charge in [0.15, 0.2) is 11.6 Å². The summed E-state index contributed by atoms with van der Waals surface area (Å²) < 4.78 is 5.18. The van der Waals surface area contributed by atoms with Crippen molar-refractivity contribution in [3.05, 3.63) is 47.1 Å². The number of aryl methyl sites for hydroxylation is 1. The number of carbonyl (C=O) groups excluding carboxylic acids is 2. The number of amides is 1. The lowest BCUT2D eigenvalue weighted by Gasteiger charge is -2.23. The third-order valence-corrected chi connectivity index (χ3v) is 4.32. The minimum absolute atomic E-state index is 0.0322. The van der Waals surface area contributed by atoms with Crippen molar-refractivity contribution in [3.63, 3.8) is 0 Å². The lowest BCUT2D eigenvalue weighted by molar-refractivity contribution is -0.133. The van der Waals surface area contributed by atoms with Crippen molar-refractivity contribution >= 4 is 11.7 Å². The number of Topliss-reactive ketones (excluding diaryl/α,β-unsaturated/α-hetero) is 1.